The normalized spacial score (nSPS) is 9.08. The van der Waals surface area contributed by atoms with Crippen LogP contribution in [0.25, 0.3) is 0 Å². The van der Waals surface area contributed by atoms with E-state index in [-0.39, 0.29) is 64.4 Å². The first-order valence-corrected chi connectivity index (χ1v) is 3.62. The van der Waals surface area contributed by atoms with Crippen molar-refractivity contribution in [2.75, 3.05) is 26.4 Å². The largest absolute Gasteiger partial charge is 1.00 e. The molecule has 0 aliphatic carbocycles. The molecular formula is C7H13KO4. The summed E-state index contributed by atoms with van der Waals surface area (Å²) in [6.07, 6.45) is -0.0495. The van der Waals surface area contributed by atoms with Gasteiger partial charge in [0.05, 0.1) is 19.8 Å². The predicted octanol–water partition coefficient (Wildman–Crippen LogP) is -3.82. The Hall–Kier alpha value is 1.03. The zero-order valence-electron chi connectivity index (χ0n) is 7.67. The van der Waals surface area contributed by atoms with Crippen molar-refractivity contribution in [3.8, 4) is 0 Å². The van der Waals surface area contributed by atoms with E-state index >= 15 is 0 Å². The molecule has 0 saturated carbocycles. The van der Waals surface area contributed by atoms with E-state index in [1.807, 2.05) is 6.92 Å². The van der Waals surface area contributed by atoms with Crippen molar-refractivity contribution in [1.82, 2.24) is 0 Å². The van der Waals surface area contributed by atoms with Crippen molar-refractivity contribution >= 4 is 5.97 Å². The summed E-state index contributed by atoms with van der Waals surface area (Å²) in [5.74, 6) is -1.08. The van der Waals surface area contributed by atoms with Crippen molar-refractivity contribution < 1.29 is 70.8 Å². The molecule has 0 heterocycles. The van der Waals surface area contributed by atoms with Crippen LogP contribution in [0.4, 0.5) is 0 Å². The van der Waals surface area contributed by atoms with Crippen LogP contribution in [0, 0.1) is 0 Å². The number of hydrogen-bond acceptors (Lipinski definition) is 4. The molecule has 0 aromatic rings. The van der Waals surface area contributed by atoms with E-state index in [4.69, 9.17) is 9.47 Å². The van der Waals surface area contributed by atoms with Crippen LogP contribution in [0.1, 0.15) is 13.3 Å². The fraction of sp³-hybridized carbons (Fsp3) is 0.857. The molecule has 4 nitrogen and oxygen atoms in total. The van der Waals surface area contributed by atoms with E-state index in [9.17, 15) is 9.90 Å². The van der Waals surface area contributed by atoms with Crippen LogP contribution in [0.15, 0.2) is 0 Å². The van der Waals surface area contributed by atoms with E-state index in [1.165, 1.54) is 0 Å². The van der Waals surface area contributed by atoms with E-state index in [2.05, 4.69) is 0 Å². The molecule has 0 fully saturated rings. The van der Waals surface area contributed by atoms with Gasteiger partial charge >= 0.3 is 51.4 Å². The Morgan fingerprint density at radius 1 is 1.25 bits per heavy atom. The maximum Gasteiger partial charge on any atom is 1.00 e. The number of hydrogen-bond donors (Lipinski definition) is 0. The Balaban J connectivity index is 0. The van der Waals surface area contributed by atoms with E-state index in [1.54, 1.807) is 0 Å². The van der Waals surface area contributed by atoms with E-state index in [0.717, 1.165) is 0 Å². The molecule has 0 bridgehead atoms. The fourth-order valence-electron chi connectivity index (χ4n) is 0.520. The van der Waals surface area contributed by atoms with Crippen LogP contribution in [0.3, 0.4) is 0 Å². The molecule has 66 valence electrons. The Bertz CT molecular complexity index is 108. The van der Waals surface area contributed by atoms with Crippen LogP contribution < -0.4 is 56.5 Å². The monoisotopic (exact) mass is 200 g/mol. The summed E-state index contributed by atoms with van der Waals surface area (Å²) < 4.78 is 9.85. The molecule has 0 N–H and O–H groups in total. The number of ether oxygens (including phenoxy) is 2. The van der Waals surface area contributed by atoms with Crippen molar-refractivity contribution in [3.63, 3.8) is 0 Å². The van der Waals surface area contributed by atoms with Crippen molar-refractivity contribution in [2.24, 2.45) is 0 Å². The molecule has 0 spiro atoms. The predicted molar refractivity (Wildman–Crippen MR) is 36.9 cm³/mol. The summed E-state index contributed by atoms with van der Waals surface area (Å²) in [6.45, 7) is 3.71. The molecule has 12 heavy (non-hydrogen) atoms. The molecule has 0 atom stereocenters. The Morgan fingerprint density at radius 3 is 2.33 bits per heavy atom. The van der Waals surface area contributed by atoms with E-state index < -0.39 is 5.97 Å². The van der Waals surface area contributed by atoms with Gasteiger partial charge in [-0.2, -0.15) is 0 Å². The third-order valence-electron chi connectivity index (χ3n) is 1.03. The maximum atomic E-state index is 9.87. The van der Waals surface area contributed by atoms with Gasteiger partial charge in [0, 0.05) is 19.0 Å². The number of carbonyl (C=O) groups is 1. The summed E-state index contributed by atoms with van der Waals surface area (Å²) in [5.41, 5.74) is 0. The average Bonchev–Trinajstić information content (AvgIpc) is 1.96. The first-order valence-electron chi connectivity index (χ1n) is 3.62. The number of aliphatic carboxylic acids is 1. The molecule has 0 saturated heterocycles. The maximum absolute atomic E-state index is 9.87. The summed E-state index contributed by atoms with van der Waals surface area (Å²) in [7, 11) is 0. The SMILES string of the molecule is CCOCCOCCC(=O)[O-].[K+]. The fourth-order valence-corrected chi connectivity index (χ4v) is 0.520. The van der Waals surface area contributed by atoms with E-state index in [0.29, 0.717) is 19.8 Å². The summed E-state index contributed by atoms with van der Waals surface area (Å²) in [5, 5.41) is 9.87. The first-order chi connectivity index (χ1) is 5.27. The third kappa shape index (κ3) is 13.6. The molecule has 0 amide bonds. The van der Waals surface area contributed by atoms with Gasteiger partial charge in [-0.1, -0.05) is 0 Å². The van der Waals surface area contributed by atoms with Crippen molar-refractivity contribution in [3.05, 3.63) is 0 Å². The summed E-state index contributed by atoms with van der Waals surface area (Å²) >= 11 is 0. The van der Waals surface area contributed by atoms with Gasteiger partial charge in [-0.15, -0.1) is 0 Å². The Labute approximate surface area is 115 Å². The topological polar surface area (TPSA) is 58.6 Å². The molecule has 0 aromatic carbocycles. The van der Waals surface area contributed by atoms with Gasteiger partial charge in [0.2, 0.25) is 0 Å². The van der Waals surface area contributed by atoms with Gasteiger partial charge < -0.3 is 19.4 Å². The minimum absolute atomic E-state index is 0. The minimum Gasteiger partial charge on any atom is -0.550 e. The zero-order valence-corrected chi connectivity index (χ0v) is 10.8. The Kier molecular flexibility index (Phi) is 15.5. The first kappa shape index (κ1) is 15.5. The van der Waals surface area contributed by atoms with Crippen LogP contribution in [0.5, 0.6) is 0 Å². The average molecular weight is 200 g/mol. The van der Waals surface area contributed by atoms with Crippen LogP contribution in [0.2, 0.25) is 0 Å². The van der Waals surface area contributed by atoms with Gasteiger partial charge in [0.1, 0.15) is 0 Å². The van der Waals surface area contributed by atoms with Gasteiger partial charge in [-0.05, 0) is 6.92 Å². The Morgan fingerprint density at radius 2 is 1.83 bits per heavy atom. The minimum atomic E-state index is -1.08. The standard InChI is InChI=1S/C7H14O4.K/c1-2-10-5-6-11-4-3-7(8)9;/h2-6H2,1H3,(H,8,9);/q;+1/p-1. The second-order valence-corrected chi connectivity index (χ2v) is 1.93. The number of carbonyl (C=O) groups excluding carboxylic acids is 1. The molecule has 0 aromatic heterocycles. The molecule has 0 aliphatic heterocycles. The summed E-state index contributed by atoms with van der Waals surface area (Å²) in [4.78, 5) is 9.87. The molecule has 0 radical (unpaired) electrons. The van der Waals surface area contributed by atoms with Crippen LogP contribution in [-0.4, -0.2) is 32.4 Å². The quantitative estimate of drug-likeness (QED) is 0.312. The van der Waals surface area contributed by atoms with Gasteiger partial charge in [-0.3, -0.25) is 0 Å². The third-order valence-corrected chi connectivity index (χ3v) is 1.03. The zero-order chi connectivity index (χ0) is 8.53. The van der Waals surface area contributed by atoms with Gasteiger partial charge in [0.25, 0.3) is 0 Å². The van der Waals surface area contributed by atoms with Crippen molar-refractivity contribution in [1.29, 1.82) is 0 Å². The summed E-state index contributed by atoms with van der Waals surface area (Å²) in [6, 6.07) is 0. The second kappa shape index (κ2) is 12.0. The second-order valence-electron chi connectivity index (χ2n) is 1.93. The number of carboxylic acid groups (broad SMARTS) is 1. The number of carboxylic acids is 1. The smallest absolute Gasteiger partial charge is 0.550 e. The van der Waals surface area contributed by atoms with Gasteiger partial charge in [-0.25, -0.2) is 0 Å². The number of rotatable bonds is 7. The molecule has 0 rings (SSSR count). The molecular weight excluding hydrogens is 187 g/mol. The van der Waals surface area contributed by atoms with Gasteiger partial charge in [0.15, 0.2) is 0 Å². The molecule has 0 aliphatic rings. The van der Waals surface area contributed by atoms with Crippen LogP contribution >= 0.6 is 0 Å². The molecule has 0 unspecified atom stereocenters. The molecule has 5 heteroatoms. The van der Waals surface area contributed by atoms with Crippen LogP contribution in [-0.2, 0) is 14.3 Å². The van der Waals surface area contributed by atoms with Crippen molar-refractivity contribution in [2.45, 2.75) is 13.3 Å².